The van der Waals surface area contributed by atoms with Crippen LogP contribution in [0, 0.1) is 17.7 Å². The number of anilines is 1. The van der Waals surface area contributed by atoms with Gasteiger partial charge in [-0.25, -0.2) is 4.39 Å². The van der Waals surface area contributed by atoms with Gasteiger partial charge in [0.05, 0.1) is 11.4 Å². The molecule has 1 aliphatic heterocycles. The highest BCUT2D eigenvalue weighted by molar-refractivity contribution is 5.76. The van der Waals surface area contributed by atoms with Crippen LogP contribution >= 0.6 is 0 Å². The van der Waals surface area contributed by atoms with Crippen LogP contribution in [0.1, 0.15) is 57.9 Å². The average Bonchev–Trinajstić information content (AvgIpc) is 3.49. The molecular weight excluding hydrogens is 465 g/mol. The van der Waals surface area contributed by atoms with Crippen molar-refractivity contribution in [2.75, 3.05) is 5.01 Å². The summed E-state index contributed by atoms with van der Waals surface area (Å²) in [5, 5.41) is 14.8. The molecule has 0 aromatic heterocycles. The van der Waals surface area contributed by atoms with Gasteiger partial charge in [0.15, 0.2) is 0 Å². The minimum atomic E-state index is -0.236. The van der Waals surface area contributed by atoms with Crippen molar-refractivity contribution in [3.8, 4) is 5.75 Å². The number of aryl methyl sites for hydroxylation is 1. The zero-order valence-corrected chi connectivity index (χ0v) is 21.6. The maximum absolute atomic E-state index is 13.5. The molecule has 3 atom stereocenters. The van der Waals surface area contributed by atoms with Gasteiger partial charge >= 0.3 is 0 Å². The van der Waals surface area contributed by atoms with Crippen molar-refractivity contribution >= 4 is 11.6 Å². The molecule has 3 N–H and O–H groups in total. The van der Waals surface area contributed by atoms with Crippen molar-refractivity contribution in [1.82, 2.24) is 10.7 Å². The number of fused-ring (bicyclic) bond motifs is 1. The van der Waals surface area contributed by atoms with Crippen molar-refractivity contribution in [2.24, 2.45) is 11.8 Å². The van der Waals surface area contributed by atoms with E-state index in [4.69, 9.17) is 0 Å². The number of rotatable bonds is 9. The number of nitrogens with one attached hydrogen (secondary N) is 2. The maximum Gasteiger partial charge on any atom is 0.220 e. The van der Waals surface area contributed by atoms with Gasteiger partial charge in [-0.2, -0.15) is 0 Å². The molecule has 5 rings (SSSR count). The molecule has 2 aliphatic carbocycles. The van der Waals surface area contributed by atoms with Crippen LogP contribution < -0.4 is 15.8 Å². The lowest BCUT2D eigenvalue weighted by atomic mass is 9.78. The molecule has 0 fully saturated rings. The van der Waals surface area contributed by atoms with Gasteiger partial charge in [-0.1, -0.05) is 38.0 Å². The molecule has 5 nitrogen and oxygen atoms in total. The summed E-state index contributed by atoms with van der Waals surface area (Å²) < 4.78 is 13.5. The molecule has 37 heavy (non-hydrogen) atoms. The minimum absolute atomic E-state index is 0.0928. The third-order valence-electron chi connectivity index (χ3n) is 7.94. The van der Waals surface area contributed by atoms with Gasteiger partial charge in [-0.15, -0.1) is 0 Å². The molecule has 2 aromatic rings. The van der Waals surface area contributed by atoms with Crippen LogP contribution in [0.5, 0.6) is 5.75 Å². The zero-order chi connectivity index (χ0) is 25.9. The van der Waals surface area contributed by atoms with Crippen molar-refractivity contribution in [1.29, 1.82) is 0 Å². The number of hydrazine groups is 1. The number of benzene rings is 2. The van der Waals surface area contributed by atoms with Crippen molar-refractivity contribution in [2.45, 2.75) is 64.8 Å². The third-order valence-corrected chi connectivity index (χ3v) is 7.94. The van der Waals surface area contributed by atoms with Gasteiger partial charge < -0.3 is 15.8 Å². The quantitative estimate of drug-likeness (QED) is 0.378. The largest absolute Gasteiger partial charge is 0.508 e. The predicted molar refractivity (Wildman–Crippen MR) is 145 cm³/mol. The smallest absolute Gasteiger partial charge is 0.220 e. The standard InChI is InChI=1S/C31H36FN3O2/c1-3-4-25(34-30(37)16-7-21-5-14-27(36)15-6-21)17-22-8-9-23-18-29-28(20(2)31(22)23)19-33-35(29)26-12-10-24(32)11-13-26/h5-6,10-15,18-20,22,25,33,36H,3-4,7-9,16-17H2,1-2H3,(H,34,37)/t20-,22+,25?/m0/s1. The van der Waals surface area contributed by atoms with E-state index in [1.807, 2.05) is 17.1 Å². The van der Waals surface area contributed by atoms with Crippen molar-refractivity contribution in [3.05, 3.63) is 94.6 Å². The Morgan fingerprint density at radius 3 is 2.68 bits per heavy atom. The summed E-state index contributed by atoms with van der Waals surface area (Å²) >= 11 is 0. The number of phenolic OH excluding ortho intramolecular Hbond substituents is 1. The van der Waals surface area contributed by atoms with Crippen LogP contribution in [0.2, 0.25) is 0 Å². The molecule has 1 unspecified atom stereocenters. The van der Waals surface area contributed by atoms with Crippen LogP contribution in [0.3, 0.4) is 0 Å². The number of hydrogen-bond acceptors (Lipinski definition) is 4. The van der Waals surface area contributed by atoms with Gasteiger partial charge in [0, 0.05) is 30.2 Å². The molecule has 0 saturated carbocycles. The van der Waals surface area contributed by atoms with E-state index in [-0.39, 0.29) is 23.5 Å². The summed E-state index contributed by atoms with van der Waals surface area (Å²) in [5.41, 5.74) is 10.7. The Morgan fingerprint density at radius 2 is 1.95 bits per heavy atom. The highest BCUT2D eigenvalue weighted by atomic mass is 19.1. The van der Waals surface area contributed by atoms with Gasteiger partial charge in [-0.3, -0.25) is 9.80 Å². The lowest BCUT2D eigenvalue weighted by molar-refractivity contribution is -0.121. The van der Waals surface area contributed by atoms with E-state index in [1.165, 1.54) is 28.9 Å². The normalized spacial score (nSPS) is 21.1. The summed E-state index contributed by atoms with van der Waals surface area (Å²) in [6, 6.07) is 13.8. The summed E-state index contributed by atoms with van der Waals surface area (Å²) in [7, 11) is 0. The minimum Gasteiger partial charge on any atom is -0.508 e. The first-order valence-corrected chi connectivity index (χ1v) is 13.5. The van der Waals surface area contributed by atoms with Crippen molar-refractivity contribution < 1.29 is 14.3 Å². The molecule has 1 heterocycles. The number of carbonyl (C=O) groups is 1. The lowest BCUT2D eigenvalue weighted by Crippen LogP contribution is -2.37. The topological polar surface area (TPSA) is 64.6 Å². The molecule has 6 heteroatoms. The Bertz CT molecular complexity index is 1230. The number of amides is 1. The fourth-order valence-electron chi connectivity index (χ4n) is 6.12. The van der Waals surface area contributed by atoms with E-state index in [2.05, 4.69) is 36.9 Å². The van der Waals surface area contributed by atoms with E-state index in [1.54, 1.807) is 24.3 Å². The van der Waals surface area contributed by atoms with Gasteiger partial charge in [0.1, 0.15) is 11.6 Å². The summed E-state index contributed by atoms with van der Waals surface area (Å²) in [6.45, 7) is 4.46. The molecule has 0 spiro atoms. The number of phenols is 1. The summed E-state index contributed by atoms with van der Waals surface area (Å²) in [6.07, 6.45) is 10.6. The van der Waals surface area contributed by atoms with Gasteiger partial charge in [-0.05, 0) is 91.6 Å². The second-order valence-electron chi connectivity index (χ2n) is 10.5. The van der Waals surface area contributed by atoms with Crippen LogP contribution in [0.15, 0.2) is 83.2 Å². The van der Waals surface area contributed by atoms with E-state index in [0.717, 1.165) is 49.1 Å². The highest BCUT2D eigenvalue weighted by Gasteiger charge is 2.38. The van der Waals surface area contributed by atoms with Crippen LogP contribution in [0.25, 0.3) is 0 Å². The first kappa shape index (κ1) is 25.1. The first-order chi connectivity index (χ1) is 17.9. The molecular formula is C31H36FN3O2. The van der Waals surface area contributed by atoms with Crippen LogP contribution in [-0.2, 0) is 11.2 Å². The first-order valence-electron chi connectivity index (χ1n) is 13.5. The second-order valence-corrected chi connectivity index (χ2v) is 10.5. The number of halogens is 1. The second kappa shape index (κ2) is 10.8. The fourth-order valence-corrected chi connectivity index (χ4v) is 6.12. The molecule has 2 aromatic carbocycles. The van der Waals surface area contributed by atoms with Gasteiger partial charge in [0.2, 0.25) is 5.91 Å². The highest BCUT2D eigenvalue weighted by Crippen LogP contribution is 2.49. The Balaban J connectivity index is 1.26. The number of allylic oxidation sites excluding steroid dienone is 4. The molecule has 3 aliphatic rings. The fraction of sp³-hybridized carbons (Fsp3) is 0.387. The maximum atomic E-state index is 13.5. The van der Waals surface area contributed by atoms with E-state index in [9.17, 15) is 14.3 Å². The van der Waals surface area contributed by atoms with Crippen LogP contribution in [-0.4, -0.2) is 17.1 Å². The Morgan fingerprint density at radius 1 is 1.19 bits per heavy atom. The van der Waals surface area contributed by atoms with Crippen LogP contribution in [0.4, 0.5) is 10.1 Å². The predicted octanol–water partition coefficient (Wildman–Crippen LogP) is 6.29. The molecule has 0 radical (unpaired) electrons. The Hall–Kier alpha value is -3.54. The van der Waals surface area contributed by atoms with E-state index >= 15 is 0 Å². The third kappa shape index (κ3) is 5.43. The monoisotopic (exact) mass is 501 g/mol. The zero-order valence-electron chi connectivity index (χ0n) is 21.6. The number of nitrogens with zero attached hydrogens (tertiary/aromatic N) is 1. The number of hydrogen-bond donors (Lipinski definition) is 3. The Labute approximate surface area is 218 Å². The van der Waals surface area contributed by atoms with Crippen molar-refractivity contribution in [3.63, 3.8) is 0 Å². The number of aromatic hydroxyl groups is 1. The van der Waals surface area contributed by atoms with E-state index in [0.29, 0.717) is 24.7 Å². The SMILES string of the molecule is CCCC(C[C@H]1CCC2=C1[C@@H](C)C1=CNN(c3ccc(F)cc3)C1=C2)NC(=O)CCc1ccc(O)cc1. The van der Waals surface area contributed by atoms with Gasteiger partial charge in [0.25, 0.3) is 0 Å². The Kier molecular flexibility index (Phi) is 7.36. The van der Waals surface area contributed by atoms with E-state index < -0.39 is 0 Å². The molecule has 0 bridgehead atoms. The lowest BCUT2D eigenvalue weighted by Gasteiger charge is -2.31. The summed E-state index contributed by atoms with van der Waals surface area (Å²) in [4.78, 5) is 12.8. The molecule has 194 valence electrons. The number of carbonyl (C=O) groups excluding carboxylic acids is 1. The molecule has 1 amide bonds. The average molecular weight is 502 g/mol. The molecule has 0 saturated heterocycles. The summed E-state index contributed by atoms with van der Waals surface area (Å²) in [5.74, 6) is 0.855.